The average Bonchev–Trinajstić information content (AvgIpc) is 2.37. The molecule has 0 spiro atoms. The number of rotatable bonds is 2. The van der Waals surface area contributed by atoms with E-state index in [0.717, 1.165) is 12.1 Å². The molecule has 0 bridgehead atoms. The molecule has 0 atom stereocenters. The molecule has 0 saturated carbocycles. The van der Waals surface area contributed by atoms with Crippen LogP contribution >= 0.6 is 0 Å². The van der Waals surface area contributed by atoms with Crippen molar-refractivity contribution in [1.82, 2.24) is 0 Å². The van der Waals surface area contributed by atoms with Crippen molar-refractivity contribution < 1.29 is 18.0 Å². The summed E-state index contributed by atoms with van der Waals surface area (Å²) in [6.07, 6.45) is 0. The Kier molecular flexibility index (Phi) is 3.42. The summed E-state index contributed by atoms with van der Waals surface area (Å²) in [5.41, 5.74) is 0.962. The molecule has 0 aliphatic rings. The van der Waals surface area contributed by atoms with Crippen LogP contribution in [0.1, 0.15) is 27.0 Å². The second-order valence-electron chi connectivity index (χ2n) is 4.38. The second kappa shape index (κ2) is 4.88. The summed E-state index contributed by atoms with van der Waals surface area (Å²) in [7, 11) is 0. The third-order valence-corrected chi connectivity index (χ3v) is 2.88. The van der Waals surface area contributed by atoms with Crippen molar-refractivity contribution in [3.8, 4) is 0 Å². The molecular formula is C15H11F3O. The van der Waals surface area contributed by atoms with Crippen LogP contribution in [0.3, 0.4) is 0 Å². The van der Waals surface area contributed by atoms with Crippen molar-refractivity contribution in [3.05, 3.63) is 70.0 Å². The molecule has 0 aliphatic heterocycles. The standard InChI is InChI=1S/C15H11F3O/c1-8-5-11(6-9(2)14(8)18)15(19)10-3-4-12(16)13(17)7-10/h3-7H,1-2H3. The van der Waals surface area contributed by atoms with Gasteiger partial charge in [0.25, 0.3) is 0 Å². The molecule has 0 saturated heterocycles. The lowest BCUT2D eigenvalue weighted by Gasteiger charge is -2.06. The number of carbonyl (C=O) groups is 1. The maximum Gasteiger partial charge on any atom is 0.193 e. The van der Waals surface area contributed by atoms with E-state index in [1.807, 2.05) is 0 Å². The molecule has 0 radical (unpaired) electrons. The topological polar surface area (TPSA) is 17.1 Å². The fraction of sp³-hybridized carbons (Fsp3) is 0.133. The summed E-state index contributed by atoms with van der Waals surface area (Å²) < 4.78 is 39.4. The first-order valence-electron chi connectivity index (χ1n) is 5.66. The third-order valence-electron chi connectivity index (χ3n) is 2.88. The number of aryl methyl sites for hydroxylation is 2. The zero-order valence-electron chi connectivity index (χ0n) is 10.4. The van der Waals surface area contributed by atoms with Crippen LogP contribution in [0.25, 0.3) is 0 Å². The Bertz CT molecular complexity index is 639. The molecule has 0 heterocycles. The maximum atomic E-state index is 13.5. The first-order valence-corrected chi connectivity index (χ1v) is 5.66. The van der Waals surface area contributed by atoms with Gasteiger partial charge in [0, 0.05) is 11.1 Å². The maximum absolute atomic E-state index is 13.5. The van der Waals surface area contributed by atoms with Gasteiger partial charge in [-0.3, -0.25) is 4.79 Å². The van der Waals surface area contributed by atoms with Gasteiger partial charge in [0.05, 0.1) is 0 Å². The predicted molar refractivity (Wildman–Crippen MR) is 65.7 cm³/mol. The lowest BCUT2D eigenvalue weighted by Crippen LogP contribution is -2.04. The SMILES string of the molecule is Cc1cc(C(=O)c2ccc(F)c(F)c2)cc(C)c1F. The fourth-order valence-electron chi connectivity index (χ4n) is 1.88. The van der Waals surface area contributed by atoms with Crippen molar-refractivity contribution in [2.45, 2.75) is 13.8 Å². The van der Waals surface area contributed by atoms with Crippen LogP contribution in [0, 0.1) is 31.3 Å². The highest BCUT2D eigenvalue weighted by Gasteiger charge is 2.14. The minimum Gasteiger partial charge on any atom is -0.289 e. The minimum absolute atomic E-state index is 0.0318. The van der Waals surface area contributed by atoms with Gasteiger partial charge in [-0.25, -0.2) is 13.2 Å². The van der Waals surface area contributed by atoms with Gasteiger partial charge in [-0.05, 0) is 55.3 Å². The molecule has 4 heteroatoms. The smallest absolute Gasteiger partial charge is 0.193 e. The molecular weight excluding hydrogens is 253 g/mol. The zero-order chi connectivity index (χ0) is 14.2. The van der Waals surface area contributed by atoms with E-state index < -0.39 is 17.4 Å². The number of hydrogen-bond acceptors (Lipinski definition) is 1. The first-order chi connectivity index (χ1) is 8.90. The Labute approximate surface area is 108 Å². The highest BCUT2D eigenvalue weighted by molar-refractivity contribution is 6.09. The monoisotopic (exact) mass is 264 g/mol. The second-order valence-corrected chi connectivity index (χ2v) is 4.38. The van der Waals surface area contributed by atoms with E-state index in [0.29, 0.717) is 11.1 Å². The highest BCUT2D eigenvalue weighted by Crippen LogP contribution is 2.19. The van der Waals surface area contributed by atoms with Crippen LogP contribution in [-0.4, -0.2) is 5.78 Å². The van der Waals surface area contributed by atoms with Crippen LogP contribution in [-0.2, 0) is 0 Å². The molecule has 1 nitrogen and oxygen atoms in total. The van der Waals surface area contributed by atoms with Gasteiger partial charge in [0.1, 0.15) is 5.82 Å². The van der Waals surface area contributed by atoms with E-state index in [2.05, 4.69) is 0 Å². The Balaban J connectivity index is 2.47. The Morgan fingerprint density at radius 1 is 0.842 bits per heavy atom. The minimum atomic E-state index is -1.08. The van der Waals surface area contributed by atoms with Gasteiger partial charge in [0.2, 0.25) is 0 Å². The molecule has 0 N–H and O–H groups in total. The molecule has 0 aromatic heterocycles. The van der Waals surface area contributed by atoms with Gasteiger partial charge >= 0.3 is 0 Å². The lowest BCUT2D eigenvalue weighted by atomic mass is 9.99. The van der Waals surface area contributed by atoms with E-state index >= 15 is 0 Å². The van der Waals surface area contributed by atoms with Crippen molar-refractivity contribution in [1.29, 1.82) is 0 Å². The molecule has 2 aromatic carbocycles. The summed E-state index contributed by atoms with van der Waals surface area (Å²) in [5.74, 6) is -2.93. The molecule has 0 aliphatic carbocycles. The largest absolute Gasteiger partial charge is 0.289 e. The van der Waals surface area contributed by atoms with Crippen LogP contribution in [0.15, 0.2) is 30.3 Å². The van der Waals surface area contributed by atoms with Crippen LogP contribution in [0.2, 0.25) is 0 Å². The van der Waals surface area contributed by atoms with Crippen LogP contribution < -0.4 is 0 Å². The zero-order valence-corrected chi connectivity index (χ0v) is 10.4. The summed E-state index contributed by atoms with van der Waals surface area (Å²) in [5, 5.41) is 0. The number of halogens is 3. The summed E-state index contributed by atoms with van der Waals surface area (Å²) in [4.78, 5) is 12.1. The van der Waals surface area contributed by atoms with Gasteiger partial charge < -0.3 is 0 Å². The third kappa shape index (κ3) is 2.52. The van der Waals surface area contributed by atoms with E-state index in [4.69, 9.17) is 0 Å². The fourth-order valence-corrected chi connectivity index (χ4v) is 1.88. The molecule has 0 fully saturated rings. The quantitative estimate of drug-likeness (QED) is 0.750. The van der Waals surface area contributed by atoms with E-state index in [1.54, 1.807) is 13.8 Å². The average molecular weight is 264 g/mol. The highest BCUT2D eigenvalue weighted by atomic mass is 19.2. The predicted octanol–water partition coefficient (Wildman–Crippen LogP) is 3.95. The summed E-state index contributed by atoms with van der Waals surface area (Å²) in [6, 6.07) is 5.73. The molecule has 2 aromatic rings. The van der Waals surface area contributed by atoms with Crippen molar-refractivity contribution >= 4 is 5.78 Å². The Morgan fingerprint density at radius 3 is 1.95 bits per heavy atom. The number of carbonyl (C=O) groups excluding carboxylic acids is 1. The van der Waals surface area contributed by atoms with Gasteiger partial charge in [-0.2, -0.15) is 0 Å². The van der Waals surface area contributed by atoms with E-state index in [9.17, 15) is 18.0 Å². The molecule has 19 heavy (non-hydrogen) atoms. The number of benzene rings is 2. The van der Waals surface area contributed by atoms with Crippen molar-refractivity contribution in [2.24, 2.45) is 0 Å². The van der Waals surface area contributed by atoms with E-state index in [1.165, 1.54) is 18.2 Å². The number of hydrogen-bond donors (Lipinski definition) is 0. The Morgan fingerprint density at radius 2 is 1.42 bits per heavy atom. The van der Waals surface area contributed by atoms with Crippen molar-refractivity contribution in [3.63, 3.8) is 0 Å². The lowest BCUT2D eigenvalue weighted by molar-refractivity contribution is 0.103. The summed E-state index contributed by atoms with van der Waals surface area (Å²) >= 11 is 0. The van der Waals surface area contributed by atoms with Crippen LogP contribution in [0.5, 0.6) is 0 Å². The van der Waals surface area contributed by atoms with E-state index in [-0.39, 0.29) is 16.9 Å². The van der Waals surface area contributed by atoms with Crippen molar-refractivity contribution in [2.75, 3.05) is 0 Å². The normalized spacial score (nSPS) is 10.6. The van der Waals surface area contributed by atoms with Gasteiger partial charge in [-0.1, -0.05) is 0 Å². The number of ketones is 1. The summed E-state index contributed by atoms with van der Waals surface area (Å²) in [6.45, 7) is 3.09. The molecule has 0 unspecified atom stereocenters. The van der Waals surface area contributed by atoms with Crippen LogP contribution in [0.4, 0.5) is 13.2 Å². The van der Waals surface area contributed by atoms with Gasteiger partial charge in [0.15, 0.2) is 17.4 Å². The Hall–Kier alpha value is -2.10. The first kappa shape index (κ1) is 13.3. The molecule has 98 valence electrons. The molecule has 2 rings (SSSR count). The molecule has 0 amide bonds. The van der Waals surface area contributed by atoms with Gasteiger partial charge in [-0.15, -0.1) is 0 Å².